The lowest BCUT2D eigenvalue weighted by molar-refractivity contribution is -0.130. The van der Waals surface area contributed by atoms with E-state index in [9.17, 15) is 4.79 Å². The van der Waals surface area contributed by atoms with Gasteiger partial charge in [-0.05, 0) is 35.9 Å². The highest BCUT2D eigenvalue weighted by atomic mass is 16.6. The zero-order chi connectivity index (χ0) is 18.9. The Labute approximate surface area is 162 Å². The third-order valence-corrected chi connectivity index (χ3v) is 4.97. The Morgan fingerprint density at radius 2 is 1.89 bits per heavy atom. The number of aromatic nitrogens is 1. The van der Waals surface area contributed by atoms with Crippen LogP contribution in [-0.4, -0.2) is 35.4 Å². The Balaban J connectivity index is 1.31. The van der Waals surface area contributed by atoms with Crippen molar-refractivity contribution >= 4 is 11.6 Å². The third kappa shape index (κ3) is 2.93. The molecule has 140 valence electrons. The summed E-state index contributed by atoms with van der Waals surface area (Å²) in [7, 11) is 0. The smallest absolute Gasteiger partial charge is 0.265 e. The van der Waals surface area contributed by atoms with Gasteiger partial charge in [0.1, 0.15) is 6.61 Å². The second kappa shape index (κ2) is 6.88. The summed E-state index contributed by atoms with van der Waals surface area (Å²) in [5.74, 6) is 1.04. The Kier molecular flexibility index (Phi) is 4.09. The predicted octanol–water partition coefficient (Wildman–Crippen LogP) is 2.74. The van der Waals surface area contributed by atoms with Gasteiger partial charge in [0.15, 0.2) is 11.5 Å². The second-order valence-corrected chi connectivity index (χ2v) is 6.74. The van der Waals surface area contributed by atoms with Crippen LogP contribution < -0.4 is 14.8 Å². The third-order valence-electron chi connectivity index (χ3n) is 4.97. The van der Waals surface area contributed by atoms with Gasteiger partial charge in [-0.2, -0.15) is 0 Å². The van der Waals surface area contributed by atoms with E-state index in [2.05, 4.69) is 22.0 Å². The van der Waals surface area contributed by atoms with Crippen molar-refractivity contribution in [3.05, 3.63) is 78.1 Å². The molecule has 1 amide bonds. The monoisotopic (exact) mass is 373 g/mol. The number of carbonyl (C=O) groups excluding carboxylic acids is 1. The summed E-state index contributed by atoms with van der Waals surface area (Å²) in [5, 5.41) is 2.95. The van der Waals surface area contributed by atoms with Gasteiger partial charge in [0.05, 0.1) is 30.2 Å². The molecule has 1 N–H and O–H groups in total. The van der Waals surface area contributed by atoms with Crippen molar-refractivity contribution in [3.8, 4) is 17.2 Å². The molecule has 0 aliphatic carbocycles. The van der Waals surface area contributed by atoms with Gasteiger partial charge in [-0.15, -0.1) is 0 Å². The van der Waals surface area contributed by atoms with E-state index in [1.165, 1.54) is 0 Å². The van der Waals surface area contributed by atoms with Gasteiger partial charge in [0.2, 0.25) is 6.10 Å². The van der Waals surface area contributed by atoms with E-state index in [-0.39, 0.29) is 12.5 Å². The van der Waals surface area contributed by atoms with Crippen LogP contribution in [0.15, 0.2) is 71.9 Å². The van der Waals surface area contributed by atoms with Crippen molar-refractivity contribution in [1.82, 2.24) is 9.88 Å². The number of amides is 1. The zero-order valence-corrected chi connectivity index (χ0v) is 15.2. The number of carbonyl (C=O) groups is 1. The lowest BCUT2D eigenvalue weighted by Gasteiger charge is -2.25. The number of hydrogen-bond acceptors (Lipinski definition) is 4. The number of fused-ring (bicyclic) bond motifs is 4. The van der Waals surface area contributed by atoms with Crippen LogP contribution >= 0.6 is 0 Å². The number of ether oxygens (including phenoxy) is 2. The fourth-order valence-electron chi connectivity index (χ4n) is 3.55. The molecular formula is C22H19N3O3. The first-order valence-corrected chi connectivity index (χ1v) is 9.25. The second-order valence-electron chi connectivity index (χ2n) is 6.74. The zero-order valence-electron chi connectivity index (χ0n) is 15.2. The first-order valence-electron chi connectivity index (χ1n) is 9.25. The van der Waals surface area contributed by atoms with E-state index in [0.29, 0.717) is 24.6 Å². The van der Waals surface area contributed by atoms with Crippen LogP contribution in [0.3, 0.4) is 0 Å². The van der Waals surface area contributed by atoms with Crippen molar-refractivity contribution < 1.29 is 14.3 Å². The minimum Gasteiger partial charge on any atom is -0.485 e. The Bertz CT molecular complexity index is 1070. The molecule has 1 atom stereocenters. The SMILES string of the molecule is O=C(NCC1=NCc2ccccc2-n2cccc21)[C@H]1COc2ccccc2O1. The van der Waals surface area contributed by atoms with Crippen molar-refractivity contribution in [3.63, 3.8) is 0 Å². The maximum atomic E-state index is 12.6. The van der Waals surface area contributed by atoms with Gasteiger partial charge in [0, 0.05) is 6.20 Å². The molecule has 28 heavy (non-hydrogen) atoms. The molecule has 5 rings (SSSR count). The van der Waals surface area contributed by atoms with Crippen LogP contribution in [0.5, 0.6) is 11.5 Å². The molecule has 0 bridgehead atoms. The number of para-hydroxylation sites is 3. The highest BCUT2D eigenvalue weighted by Crippen LogP contribution is 2.30. The molecule has 0 unspecified atom stereocenters. The standard InChI is InChI=1S/C22H19N3O3/c26-22(21-14-27-19-9-3-4-10-20(19)28-21)24-13-16-18-8-5-11-25(18)17-7-2-1-6-15(17)12-23-16/h1-11,21H,12-14H2,(H,24,26)/t21-/m1/s1. The number of nitrogens with one attached hydrogen (secondary N) is 1. The Morgan fingerprint density at radius 1 is 1.07 bits per heavy atom. The molecule has 0 fully saturated rings. The summed E-state index contributed by atoms with van der Waals surface area (Å²) in [6.45, 7) is 1.11. The minimum absolute atomic E-state index is 0.192. The molecule has 0 spiro atoms. The minimum atomic E-state index is -0.676. The molecule has 2 aliphatic heterocycles. The van der Waals surface area contributed by atoms with Crippen molar-refractivity contribution in [2.75, 3.05) is 13.2 Å². The molecule has 2 aromatic carbocycles. The number of rotatable bonds is 3. The number of hydrogen-bond donors (Lipinski definition) is 1. The normalized spacial score (nSPS) is 17.0. The molecule has 6 nitrogen and oxygen atoms in total. The quantitative estimate of drug-likeness (QED) is 0.768. The summed E-state index contributed by atoms with van der Waals surface area (Å²) in [6.07, 6.45) is 1.34. The fourth-order valence-corrected chi connectivity index (χ4v) is 3.55. The van der Waals surface area contributed by atoms with Crippen molar-refractivity contribution in [1.29, 1.82) is 0 Å². The van der Waals surface area contributed by atoms with Gasteiger partial charge in [0.25, 0.3) is 5.91 Å². The summed E-state index contributed by atoms with van der Waals surface area (Å²) in [5.41, 5.74) is 4.10. The van der Waals surface area contributed by atoms with Crippen molar-refractivity contribution in [2.24, 2.45) is 4.99 Å². The maximum absolute atomic E-state index is 12.6. The lowest BCUT2D eigenvalue weighted by Crippen LogP contribution is -2.45. The Hall–Kier alpha value is -3.54. The largest absolute Gasteiger partial charge is 0.485 e. The molecule has 0 saturated heterocycles. The molecular weight excluding hydrogens is 354 g/mol. The first kappa shape index (κ1) is 16.6. The van der Waals surface area contributed by atoms with Crippen LogP contribution in [0.25, 0.3) is 5.69 Å². The predicted molar refractivity (Wildman–Crippen MR) is 105 cm³/mol. The van der Waals surface area contributed by atoms with Crippen LogP contribution in [-0.2, 0) is 11.3 Å². The van der Waals surface area contributed by atoms with Gasteiger partial charge in [-0.1, -0.05) is 30.3 Å². The average Bonchev–Trinajstić information content (AvgIpc) is 3.17. The molecule has 3 heterocycles. The summed E-state index contributed by atoms with van der Waals surface area (Å²) in [6, 6.07) is 19.6. The topological polar surface area (TPSA) is 64.9 Å². The van der Waals surface area contributed by atoms with E-state index in [1.807, 2.05) is 48.7 Å². The number of aliphatic imine (C=N–C) groups is 1. The van der Waals surface area contributed by atoms with Crippen LogP contribution in [0.1, 0.15) is 11.3 Å². The van der Waals surface area contributed by atoms with Crippen molar-refractivity contribution in [2.45, 2.75) is 12.6 Å². The van der Waals surface area contributed by atoms with Gasteiger partial charge in [-0.25, -0.2) is 0 Å². The lowest BCUT2D eigenvalue weighted by atomic mass is 10.2. The van der Waals surface area contributed by atoms with E-state index in [0.717, 1.165) is 22.7 Å². The molecule has 3 aromatic rings. The van der Waals surface area contributed by atoms with Gasteiger partial charge < -0.3 is 19.4 Å². The number of benzene rings is 2. The Morgan fingerprint density at radius 3 is 2.82 bits per heavy atom. The molecule has 0 saturated carbocycles. The maximum Gasteiger partial charge on any atom is 0.265 e. The molecule has 6 heteroatoms. The molecule has 2 aliphatic rings. The van der Waals surface area contributed by atoms with Crippen LogP contribution in [0.4, 0.5) is 0 Å². The number of nitrogens with zero attached hydrogens (tertiary/aromatic N) is 2. The summed E-state index contributed by atoms with van der Waals surface area (Å²) >= 11 is 0. The highest BCUT2D eigenvalue weighted by molar-refractivity contribution is 6.03. The molecule has 1 aromatic heterocycles. The first-order chi connectivity index (χ1) is 13.8. The fraction of sp³-hybridized carbons (Fsp3) is 0.182. The van der Waals surface area contributed by atoms with Crippen LogP contribution in [0, 0.1) is 0 Å². The van der Waals surface area contributed by atoms with E-state index in [4.69, 9.17) is 14.5 Å². The van der Waals surface area contributed by atoms with Gasteiger partial charge >= 0.3 is 0 Å². The summed E-state index contributed by atoms with van der Waals surface area (Å²) < 4.78 is 13.5. The van der Waals surface area contributed by atoms with E-state index >= 15 is 0 Å². The summed E-state index contributed by atoms with van der Waals surface area (Å²) in [4.78, 5) is 17.4. The van der Waals surface area contributed by atoms with Crippen LogP contribution in [0.2, 0.25) is 0 Å². The van der Waals surface area contributed by atoms with E-state index < -0.39 is 6.10 Å². The van der Waals surface area contributed by atoms with E-state index in [1.54, 1.807) is 6.07 Å². The highest BCUT2D eigenvalue weighted by Gasteiger charge is 2.27. The molecule has 0 radical (unpaired) electrons. The van der Waals surface area contributed by atoms with Gasteiger partial charge in [-0.3, -0.25) is 9.79 Å². The average molecular weight is 373 g/mol.